The quantitative estimate of drug-likeness (QED) is 0.401. The monoisotopic (exact) mass is 496 g/mol. The molecule has 4 aromatic rings. The number of ether oxygens (including phenoxy) is 1. The molecule has 0 bridgehead atoms. The van der Waals surface area contributed by atoms with Gasteiger partial charge in [0.25, 0.3) is 0 Å². The van der Waals surface area contributed by atoms with Crippen molar-refractivity contribution in [3.05, 3.63) is 71.8 Å². The van der Waals surface area contributed by atoms with Crippen LogP contribution >= 0.6 is 0 Å². The molecular formula is C25H25FN4O4S. The van der Waals surface area contributed by atoms with Gasteiger partial charge in [-0.1, -0.05) is 19.9 Å². The van der Waals surface area contributed by atoms with Crippen LogP contribution in [0.5, 0.6) is 11.5 Å². The lowest BCUT2D eigenvalue weighted by atomic mass is 10.1. The summed E-state index contributed by atoms with van der Waals surface area (Å²) in [5.74, 6) is 0.214. The highest BCUT2D eigenvalue weighted by Crippen LogP contribution is 2.31. The number of anilines is 1. The van der Waals surface area contributed by atoms with Crippen LogP contribution in [-0.2, 0) is 28.1 Å². The molecule has 0 saturated carbocycles. The number of aryl methyl sites for hydroxylation is 1. The van der Waals surface area contributed by atoms with Gasteiger partial charge in [-0.15, -0.1) is 0 Å². The van der Waals surface area contributed by atoms with Gasteiger partial charge >= 0.3 is 0 Å². The molecule has 0 aliphatic rings. The van der Waals surface area contributed by atoms with Gasteiger partial charge in [0.1, 0.15) is 17.3 Å². The number of carbonyl (C=O) groups excluding carboxylic acids is 1. The fraction of sp³-hybridized carbons (Fsp3) is 0.240. The second kappa shape index (κ2) is 9.46. The van der Waals surface area contributed by atoms with Crippen molar-refractivity contribution in [1.29, 1.82) is 0 Å². The first-order valence-corrected chi connectivity index (χ1v) is 12.8. The average molecular weight is 497 g/mol. The smallest absolute Gasteiger partial charge is 0.230 e. The van der Waals surface area contributed by atoms with Gasteiger partial charge in [-0.2, -0.15) is 5.10 Å². The van der Waals surface area contributed by atoms with Crippen molar-refractivity contribution < 1.29 is 22.3 Å². The fourth-order valence-electron chi connectivity index (χ4n) is 3.72. The number of halogens is 1. The Balaban J connectivity index is 1.51. The number of carbonyl (C=O) groups is 1. The zero-order chi connectivity index (χ0) is 25.3. The summed E-state index contributed by atoms with van der Waals surface area (Å²) in [5, 5.41) is 7.45. The van der Waals surface area contributed by atoms with E-state index in [4.69, 9.17) is 4.74 Å². The van der Waals surface area contributed by atoms with Crippen molar-refractivity contribution in [2.24, 2.45) is 7.05 Å². The standard InChI is InChI=1S/C25H25FN4O4S/c1-15(2)22-14-24(29-30(22)3)28-25(31)11-16-5-6-17(12-20(16)26)34-23-9-10-27-21-8-7-18(13-19(21)23)35(4,32)33/h5-10,12-15H,11H2,1-4H3,(H,28,29,31). The van der Waals surface area contributed by atoms with Gasteiger partial charge in [0.05, 0.1) is 16.8 Å². The summed E-state index contributed by atoms with van der Waals surface area (Å²) < 4.78 is 46.2. The van der Waals surface area contributed by atoms with Crippen molar-refractivity contribution in [2.75, 3.05) is 11.6 Å². The number of amides is 1. The molecule has 0 saturated heterocycles. The summed E-state index contributed by atoms with van der Waals surface area (Å²) in [6.07, 6.45) is 2.47. The molecule has 0 fully saturated rings. The van der Waals surface area contributed by atoms with Crippen LogP contribution in [0.3, 0.4) is 0 Å². The normalized spacial score (nSPS) is 11.7. The molecular weight excluding hydrogens is 471 g/mol. The maximum absolute atomic E-state index is 14.8. The third-order valence-corrected chi connectivity index (χ3v) is 6.59. The summed E-state index contributed by atoms with van der Waals surface area (Å²) in [5.41, 5.74) is 1.72. The molecule has 2 heterocycles. The van der Waals surface area contributed by atoms with E-state index in [2.05, 4.69) is 15.4 Å². The van der Waals surface area contributed by atoms with Gasteiger partial charge in [0.2, 0.25) is 5.91 Å². The Labute approximate surface area is 202 Å². The number of sulfone groups is 1. The summed E-state index contributed by atoms with van der Waals surface area (Å²) in [6.45, 7) is 4.06. The van der Waals surface area contributed by atoms with E-state index in [9.17, 15) is 17.6 Å². The maximum Gasteiger partial charge on any atom is 0.230 e. The van der Waals surface area contributed by atoms with E-state index in [1.165, 1.54) is 30.5 Å². The molecule has 0 unspecified atom stereocenters. The first-order chi connectivity index (χ1) is 16.5. The number of nitrogens with zero attached hydrogens (tertiary/aromatic N) is 3. The minimum atomic E-state index is -3.42. The third kappa shape index (κ3) is 5.48. The van der Waals surface area contributed by atoms with Crippen LogP contribution in [0.2, 0.25) is 0 Å². The third-order valence-electron chi connectivity index (χ3n) is 5.48. The van der Waals surface area contributed by atoms with Crippen LogP contribution in [0.15, 0.2) is 59.6 Å². The molecule has 10 heteroatoms. The molecule has 1 amide bonds. The second-order valence-corrected chi connectivity index (χ2v) is 10.6. The number of aromatic nitrogens is 3. The lowest BCUT2D eigenvalue weighted by Gasteiger charge is -2.11. The van der Waals surface area contributed by atoms with E-state index in [1.807, 2.05) is 13.8 Å². The van der Waals surface area contributed by atoms with Gasteiger partial charge in [-0.05, 0) is 41.8 Å². The number of hydrogen-bond acceptors (Lipinski definition) is 6. The highest BCUT2D eigenvalue weighted by molar-refractivity contribution is 7.90. The average Bonchev–Trinajstić information content (AvgIpc) is 3.15. The molecule has 8 nitrogen and oxygen atoms in total. The topological polar surface area (TPSA) is 103 Å². The summed E-state index contributed by atoms with van der Waals surface area (Å²) in [6, 6.07) is 12.1. The highest BCUT2D eigenvalue weighted by atomic mass is 32.2. The molecule has 0 aliphatic heterocycles. The van der Waals surface area contributed by atoms with Gasteiger partial charge in [-0.3, -0.25) is 14.5 Å². The van der Waals surface area contributed by atoms with Gasteiger partial charge in [0.15, 0.2) is 15.7 Å². The van der Waals surface area contributed by atoms with Crippen molar-refractivity contribution in [3.63, 3.8) is 0 Å². The Morgan fingerprint density at radius 3 is 2.57 bits per heavy atom. The lowest BCUT2D eigenvalue weighted by Crippen LogP contribution is -2.15. The Bertz CT molecular complexity index is 1530. The minimum absolute atomic E-state index is 0.129. The molecule has 35 heavy (non-hydrogen) atoms. The van der Waals surface area contributed by atoms with Crippen molar-refractivity contribution in [3.8, 4) is 11.5 Å². The molecule has 182 valence electrons. The van der Waals surface area contributed by atoms with Crippen LogP contribution < -0.4 is 10.1 Å². The number of pyridine rings is 1. The number of rotatable bonds is 7. The van der Waals surface area contributed by atoms with Crippen LogP contribution in [0.4, 0.5) is 10.2 Å². The first-order valence-electron chi connectivity index (χ1n) is 10.9. The van der Waals surface area contributed by atoms with E-state index in [1.54, 1.807) is 36.0 Å². The summed E-state index contributed by atoms with van der Waals surface area (Å²) in [4.78, 5) is 16.8. The Morgan fingerprint density at radius 1 is 1.14 bits per heavy atom. The molecule has 0 atom stereocenters. The van der Waals surface area contributed by atoms with Crippen LogP contribution in [0, 0.1) is 5.82 Å². The molecule has 0 aliphatic carbocycles. The van der Waals surface area contributed by atoms with Crippen LogP contribution in [0.1, 0.15) is 31.0 Å². The molecule has 2 aromatic heterocycles. The molecule has 1 N–H and O–H groups in total. The van der Waals surface area contributed by atoms with Gasteiger partial charge in [-0.25, -0.2) is 12.8 Å². The number of benzene rings is 2. The first kappa shape index (κ1) is 24.3. The van der Waals surface area contributed by atoms with Crippen LogP contribution in [0.25, 0.3) is 10.9 Å². The van der Waals surface area contributed by atoms with Crippen molar-refractivity contribution in [1.82, 2.24) is 14.8 Å². The van der Waals surface area contributed by atoms with E-state index >= 15 is 0 Å². The van der Waals surface area contributed by atoms with E-state index in [0.29, 0.717) is 22.5 Å². The SMILES string of the molecule is CC(C)c1cc(NC(=O)Cc2ccc(Oc3ccnc4ccc(S(C)(=O)=O)cc34)cc2F)nn1C. The lowest BCUT2D eigenvalue weighted by molar-refractivity contribution is -0.115. The Kier molecular flexibility index (Phi) is 6.58. The van der Waals surface area contributed by atoms with E-state index in [-0.39, 0.29) is 34.5 Å². The second-order valence-electron chi connectivity index (χ2n) is 8.57. The Morgan fingerprint density at radius 2 is 1.91 bits per heavy atom. The largest absolute Gasteiger partial charge is 0.456 e. The summed E-state index contributed by atoms with van der Waals surface area (Å²) >= 11 is 0. The molecule has 4 rings (SSSR count). The Hall–Kier alpha value is -3.79. The van der Waals surface area contributed by atoms with E-state index < -0.39 is 15.7 Å². The molecule has 0 radical (unpaired) electrons. The molecule has 2 aromatic carbocycles. The number of hydrogen-bond donors (Lipinski definition) is 1. The number of nitrogens with one attached hydrogen (secondary N) is 1. The van der Waals surface area contributed by atoms with Gasteiger partial charge < -0.3 is 10.1 Å². The zero-order valence-corrected chi connectivity index (χ0v) is 20.6. The van der Waals surface area contributed by atoms with Crippen molar-refractivity contribution >= 4 is 32.5 Å². The van der Waals surface area contributed by atoms with E-state index in [0.717, 1.165) is 11.9 Å². The maximum atomic E-state index is 14.8. The number of fused-ring (bicyclic) bond motifs is 1. The fourth-order valence-corrected chi connectivity index (χ4v) is 4.37. The summed E-state index contributed by atoms with van der Waals surface area (Å²) in [7, 11) is -1.62. The predicted molar refractivity (Wildman–Crippen MR) is 131 cm³/mol. The van der Waals surface area contributed by atoms with Crippen LogP contribution in [-0.4, -0.2) is 35.3 Å². The minimum Gasteiger partial charge on any atom is -0.456 e. The van der Waals surface area contributed by atoms with Crippen molar-refractivity contribution in [2.45, 2.75) is 31.1 Å². The highest BCUT2D eigenvalue weighted by Gasteiger charge is 2.15. The predicted octanol–water partition coefficient (Wildman–Crippen LogP) is 4.61. The zero-order valence-electron chi connectivity index (χ0n) is 19.7. The van der Waals surface area contributed by atoms with Gasteiger partial charge in [0, 0.05) is 42.7 Å². The molecule has 0 spiro atoms.